The highest BCUT2D eigenvalue weighted by Crippen LogP contribution is 2.33. The number of carbonyl (C=O) groups excluding carboxylic acids is 1. The number of nitrogens with zero attached hydrogens (tertiary/aromatic N) is 2. The Labute approximate surface area is 196 Å². The number of aryl methyl sites for hydroxylation is 1. The predicted molar refractivity (Wildman–Crippen MR) is 110 cm³/mol. The number of hydrogen-bond acceptors (Lipinski definition) is 5. The number of aliphatic hydroxyl groups excluding tert-OH is 1. The molecule has 1 saturated carbocycles. The third kappa shape index (κ3) is 7.80. The maximum atomic E-state index is 12.9. The molecule has 35 heavy (non-hydrogen) atoms. The number of aromatic nitrogens is 2. The van der Waals surface area contributed by atoms with E-state index in [2.05, 4.69) is 21.6 Å². The van der Waals surface area contributed by atoms with Gasteiger partial charge in [0.05, 0.1) is 36.4 Å². The van der Waals surface area contributed by atoms with E-state index in [-0.39, 0.29) is 25.0 Å². The maximum absolute atomic E-state index is 12.9. The maximum Gasteiger partial charge on any atom is 0.522 e. The number of ether oxygens (including phenoxy) is 2. The van der Waals surface area contributed by atoms with Crippen LogP contribution in [-0.4, -0.2) is 45.7 Å². The van der Waals surface area contributed by atoms with Crippen LogP contribution < -0.4 is 5.32 Å². The Kier molecular flexibility index (Phi) is 8.23. The van der Waals surface area contributed by atoms with Crippen molar-refractivity contribution in [1.29, 1.82) is 0 Å². The molecule has 2 N–H and O–H groups in total. The van der Waals surface area contributed by atoms with Crippen molar-refractivity contribution in [2.24, 2.45) is 0 Å². The van der Waals surface area contributed by atoms with Crippen LogP contribution in [0.15, 0.2) is 43.0 Å². The monoisotopic (exact) mass is 507 g/mol. The van der Waals surface area contributed by atoms with E-state index in [1.807, 2.05) is 0 Å². The molecule has 1 heterocycles. The van der Waals surface area contributed by atoms with Gasteiger partial charge in [-0.2, -0.15) is 13.2 Å². The molecule has 0 spiro atoms. The van der Waals surface area contributed by atoms with Crippen LogP contribution in [0.1, 0.15) is 30.4 Å². The molecule has 192 valence electrons. The van der Waals surface area contributed by atoms with Crippen molar-refractivity contribution in [3.63, 3.8) is 0 Å². The largest absolute Gasteiger partial charge is 0.522 e. The van der Waals surface area contributed by atoms with Gasteiger partial charge in [-0.3, -0.25) is 9.53 Å². The number of aliphatic hydroxyl groups is 1. The smallest absolute Gasteiger partial charge is 0.392 e. The molecule has 0 aliphatic heterocycles. The first-order valence-corrected chi connectivity index (χ1v) is 10.5. The number of benzene rings is 1. The first kappa shape index (κ1) is 26.7. The van der Waals surface area contributed by atoms with E-state index in [4.69, 9.17) is 4.74 Å². The highest BCUT2D eigenvalue weighted by atomic mass is 19.4. The zero-order chi connectivity index (χ0) is 25.8. The fourth-order valence-corrected chi connectivity index (χ4v) is 3.46. The van der Waals surface area contributed by atoms with Crippen LogP contribution >= 0.6 is 0 Å². The summed E-state index contributed by atoms with van der Waals surface area (Å²) in [6, 6.07) is 3.04. The topological polar surface area (TPSA) is 85.6 Å². The van der Waals surface area contributed by atoms with E-state index in [1.165, 1.54) is 12.4 Å². The Balaban J connectivity index is 1.43. The lowest BCUT2D eigenvalue weighted by molar-refractivity contribution is -0.357. The molecule has 0 radical (unpaired) electrons. The summed E-state index contributed by atoms with van der Waals surface area (Å²) in [7, 11) is 0. The zero-order valence-corrected chi connectivity index (χ0v) is 18.3. The number of halogens is 6. The lowest BCUT2D eigenvalue weighted by Gasteiger charge is -2.34. The molecule has 0 unspecified atom stereocenters. The van der Waals surface area contributed by atoms with Crippen molar-refractivity contribution in [3.8, 4) is 11.3 Å². The van der Waals surface area contributed by atoms with E-state index in [9.17, 15) is 36.2 Å². The number of hydrogen-bond donors (Lipinski definition) is 2. The van der Waals surface area contributed by atoms with Crippen LogP contribution in [0.25, 0.3) is 11.3 Å². The van der Waals surface area contributed by atoms with Crippen molar-refractivity contribution >= 4 is 5.91 Å². The Morgan fingerprint density at radius 1 is 1.20 bits per heavy atom. The molecular weight excluding hydrogens is 484 g/mol. The summed E-state index contributed by atoms with van der Waals surface area (Å²) >= 11 is 0. The van der Waals surface area contributed by atoms with Gasteiger partial charge < -0.3 is 19.7 Å². The van der Waals surface area contributed by atoms with Gasteiger partial charge in [-0.1, -0.05) is 12.6 Å². The van der Waals surface area contributed by atoms with Gasteiger partial charge in [0.2, 0.25) is 5.91 Å². The normalized spacial score (nSPS) is 18.3. The average Bonchev–Trinajstić information content (AvgIpc) is 3.20. The number of alkyl halides is 6. The highest BCUT2D eigenvalue weighted by molar-refractivity contribution is 5.78. The highest BCUT2D eigenvalue weighted by Gasteiger charge is 2.40. The van der Waals surface area contributed by atoms with Gasteiger partial charge >= 0.3 is 12.5 Å². The second-order valence-electron chi connectivity index (χ2n) is 8.02. The van der Waals surface area contributed by atoms with Crippen LogP contribution in [-0.2, 0) is 33.6 Å². The van der Waals surface area contributed by atoms with Crippen molar-refractivity contribution in [2.75, 3.05) is 6.61 Å². The molecule has 7 nitrogen and oxygen atoms in total. The summed E-state index contributed by atoms with van der Waals surface area (Å²) in [6.07, 6.45) is -7.21. The van der Waals surface area contributed by atoms with Crippen LogP contribution in [0.4, 0.5) is 26.3 Å². The van der Waals surface area contributed by atoms with Gasteiger partial charge in [0.1, 0.15) is 6.61 Å². The molecule has 3 rings (SSSR count). The van der Waals surface area contributed by atoms with E-state index >= 15 is 0 Å². The molecule has 1 aliphatic carbocycles. The predicted octanol–water partition coefficient (Wildman–Crippen LogP) is 4.17. The Morgan fingerprint density at radius 2 is 1.91 bits per heavy atom. The van der Waals surface area contributed by atoms with Gasteiger partial charge in [0, 0.05) is 43.3 Å². The van der Waals surface area contributed by atoms with Gasteiger partial charge in [-0.15, -0.1) is 13.2 Å². The fraction of sp³-hybridized carbons (Fsp3) is 0.455. The summed E-state index contributed by atoms with van der Waals surface area (Å²) in [5.41, 5.74) is 0.324. The third-order valence-corrected chi connectivity index (χ3v) is 5.30. The first-order valence-electron chi connectivity index (χ1n) is 10.5. The minimum atomic E-state index is -4.69. The summed E-state index contributed by atoms with van der Waals surface area (Å²) in [6.45, 7) is 3.16. The van der Waals surface area contributed by atoms with Gasteiger partial charge in [-0.25, -0.2) is 4.98 Å². The van der Waals surface area contributed by atoms with Crippen LogP contribution in [0.5, 0.6) is 0 Å². The van der Waals surface area contributed by atoms with E-state index in [0.717, 1.165) is 12.1 Å². The van der Waals surface area contributed by atoms with Crippen molar-refractivity contribution in [2.45, 2.75) is 57.2 Å². The lowest BCUT2D eigenvalue weighted by atomic mass is 9.92. The summed E-state index contributed by atoms with van der Waals surface area (Å²) in [5.74, 6) is -0.501. The van der Waals surface area contributed by atoms with Crippen LogP contribution in [0.3, 0.4) is 0 Å². The second-order valence-corrected chi connectivity index (χ2v) is 8.02. The van der Waals surface area contributed by atoms with E-state index < -0.39 is 42.8 Å². The minimum absolute atomic E-state index is 0.0492. The Hall–Kier alpha value is -2.90. The Morgan fingerprint density at radius 3 is 2.54 bits per heavy atom. The molecule has 0 saturated heterocycles. The van der Waals surface area contributed by atoms with Gasteiger partial charge in [0.25, 0.3) is 0 Å². The quantitative estimate of drug-likeness (QED) is 0.472. The molecule has 0 bridgehead atoms. The molecule has 1 amide bonds. The number of rotatable bonds is 10. The SMILES string of the molecule is C=C(CCn1cnc(-c2ccc(C(F)(F)F)cc2CO)c1)NC(=O)COC1CC(OC(F)(F)F)C1. The molecule has 1 aromatic carbocycles. The number of carbonyl (C=O) groups is 1. The number of nitrogens with one attached hydrogen (secondary N) is 1. The standard InChI is InChI=1S/C22H23F6N3O4/c1-13(30-20(33)11-34-16-7-17(8-16)35-22(26,27)28)4-5-31-9-19(29-12-31)18-3-2-15(21(23,24)25)6-14(18)10-32/h2-3,6,9,12,16-17,32H,1,4-5,7-8,10-11H2,(H,30,33). The van der Waals surface area contributed by atoms with Gasteiger partial charge in [-0.05, 0) is 17.7 Å². The summed E-state index contributed by atoms with van der Waals surface area (Å²) in [5, 5.41) is 12.0. The number of imidazole rings is 1. The minimum Gasteiger partial charge on any atom is -0.392 e. The zero-order valence-electron chi connectivity index (χ0n) is 18.3. The number of allylic oxidation sites excluding steroid dienone is 1. The van der Waals surface area contributed by atoms with Crippen molar-refractivity contribution in [1.82, 2.24) is 14.9 Å². The molecular formula is C22H23F6N3O4. The third-order valence-electron chi connectivity index (χ3n) is 5.30. The first-order chi connectivity index (χ1) is 16.3. The van der Waals surface area contributed by atoms with Crippen LogP contribution in [0, 0.1) is 0 Å². The molecule has 0 atom stereocenters. The molecule has 2 aromatic rings. The lowest BCUT2D eigenvalue weighted by Crippen LogP contribution is -2.42. The van der Waals surface area contributed by atoms with Crippen molar-refractivity contribution in [3.05, 3.63) is 54.1 Å². The molecule has 1 fully saturated rings. The van der Waals surface area contributed by atoms with E-state index in [0.29, 0.717) is 29.9 Å². The fourth-order valence-electron chi connectivity index (χ4n) is 3.46. The summed E-state index contributed by atoms with van der Waals surface area (Å²) in [4.78, 5) is 16.1. The molecule has 1 aliphatic rings. The van der Waals surface area contributed by atoms with Gasteiger partial charge in [0.15, 0.2) is 0 Å². The van der Waals surface area contributed by atoms with E-state index in [1.54, 1.807) is 10.8 Å². The van der Waals surface area contributed by atoms with Crippen LogP contribution in [0.2, 0.25) is 0 Å². The average molecular weight is 507 g/mol. The number of amides is 1. The second kappa shape index (κ2) is 10.8. The Bertz CT molecular complexity index is 1040. The van der Waals surface area contributed by atoms with Crippen molar-refractivity contribution < 1.29 is 45.7 Å². The summed E-state index contributed by atoms with van der Waals surface area (Å²) < 4.78 is 85.7. The molecule has 1 aromatic heterocycles. The molecule has 13 heteroatoms.